The van der Waals surface area contributed by atoms with Crippen LogP contribution in [0.15, 0.2) is 18.2 Å². The maximum Gasteiger partial charge on any atom is 1.00 e. The fourth-order valence-corrected chi connectivity index (χ4v) is 2.82. The first-order valence-electron chi connectivity index (χ1n) is 4.95. The molecule has 2 rings (SSSR count). The summed E-state index contributed by atoms with van der Waals surface area (Å²) in [6.45, 7) is 0. The van der Waals surface area contributed by atoms with Crippen LogP contribution < -0.4 is 37.7 Å². The molecule has 8 heteroatoms. The molecule has 19 heavy (non-hydrogen) atoms. The Morgan fingerprint density at radius 1 is 1.21 bits per heavy atom. The first-order valence-corrected chi connectivity index (χ1v) is 6.42. The molecule has 0 amide bonds. The van der Waals surface area contributed by atoms with E-state index in [4.69, 9.17) is 0 Å². The number of carbonyl (C=O) groups excluding carboxylic acids is 1. The Morgan fingerprint density at radius 2 is 1.84 bits per heavy atom. The molecule has 0 saturated heterocycles. The van der Waals surface area contributed by atoms with Crippen LogP contribution in [-0.4, -0.2) is 30.0 Å². The van der Waals surface area contributed by atoms with Crippen molar-refractivity contribution in [3.63, 3.8) is 0 Å². The summed E-state index contributed by atoms with van der Waals surface area (Å²) in [6.07, 6.45) is 2.90. The van der Waals surface area contributed by atoms with Crippen molar-refractivity contribution in [1.29, 1.82) is 0 Å². The Labute approximate surface area is 136 Å². The third-order valence-corrected chi connectivity index (χ3v) is 4.13. The molecule has 0 spiro atoms. The monoisotopic (exact) mass is 269 g/mol. The predicted octanol–water partition coefficient (Wildman–Crippen LogP) is -5.62. The number of fused-ring (bicyclic) bond motifs is 1. The van der Waals surface area contributed by atoms with Crippen LogP contribution >= 0.6 is 0 Å². The van der Waals surface area contributed by atoms with Gasteiger partial charge in [0.15, 0.2) is 0 Å². The summed E-state index contributed by atoms with van der Waals surface area (Å²) in [5, 5.41) is -0.828. The number of benzene rings is 1. The van der Waals surface area contributed by atoms with Crippen LogP contribution in [0.25, 0.3) is 0 Å². The van der Waals surface area contributed by atoms with Gasteiger partial charge in [-0.25, -0.2) is 8.42 Å². The van der Waals surface area contributed by atoms with Gasteiger partial charge in [0.2, 0.25) is 0 Å². The Morgan fingerprint density at radius 3 is 2.37 bits per heavy atom. The summed E-state index contributed by atoms with van der Waals surface area (Å²) < 4.78 is 32.7. The summed E-state index contributed by atoms with van der Waals surface area (Å²) in [5.74, 6) is 0. The quantitative estimate of drug-likeness (QED) is 0.302. The SMILES string of the molecule is O=[C-]c1ccc2c(c1)CCC(S(=O)(=O)[O-])C2.[Li+].[Li+].[OH-]. The molecule has 0 aromatic heterocycles. The van der Waals surface area contributed by atoms with Crippen LogP contribution in [-0.2, 0) is 27.8 Å². The molecule has 1 aliphatic rings. The standard InChI is InChI=1S/C11H11O4S.2Li.H2O/c12-7-8-1-2-10-6-11(16(13,14)15)4-3-9(10)5-8;;;/h1-2,5,11H,3-4,6H2,(H,13,14,15);;;1H2/q-1;2*+1;/p-2. The van der Waals surface area contributed by atoms with Gasteiger partial charge in [-0.15, -0.1) is 11.6 Å². The summed E-state index contributed by atoms with van der Waals surface area (Å²) in [6, 6.07) is 4.99. The van der Waals surface area contributed by atoms with Crippen LogP contribution in [0.5, 0.6) is 0 Å². The van der Waals surface area contributed by atoms with Gasteiger partial charge < -0.3 is 14.8 Å². The van der Waals surface area contributed by atoms with E-state index in [1.165, 1.54) is 0 Å². The molecule has 0 saturated carbocycles. The molecule has 1 N–H and O–H groups in total. The molecule has 1 atom stereocenters. The van der Waals surface area contributed by atoms with Crippen LogP contribution in [0, 0.1) is 0 Å². The molecule has 0 radical (unpaired) electrons. The summed E-state index contributed by atoms with van der Waals surface area (Å²) >= 11 is 0. The summed E-state index contributed by atoms with van der Waals surface area (Å²) in [7, 11) is -4.21. The minimum absolute atomic E-state index is 0. The minimum atomic E-state index is -4.21. The molecule has 1 aliphatic carbocycles. The predicted molar refractivity (Wildman–Crippen MR) is 58.7 cm³/mol. The second kappa shape index (κ2) is 8.29. The maximum absolute atomic E-state index is 10.9. The number of aryl methyl sites for hydroxylation is 1. The van der Waals surface area contributed by atoms with Crippen LogP contribution in [0.1, 0.15) is 23.1 Å². The van der Waals surface area contributed by atoms with Crippen molar-refractivity contribution >= 4 is 16.4 Å². The molecule has 0 bridgehead atoms. The molecule has 5 nitrogen and oxygen atoms in total. The molecular formula is C11H11Li2O5S-. The fraction of sp³-hybridized carbons (Fsp3) is 0.364. The third-order valence-electron chi connectivity index (χ3n) is 2.92. The topological polar surface area (TPSA) is 104 Å². The van der Waals surface area contributed by atoms with Gasteiger partial charge in [-0.2, -0.15) is 17.7 Å². The largest absolute Gasteiger partial charge is 1.00 e. The van der Waals surface area contributed by atoms with E-state index in [1.807, 2.05) is 0 Å². The molecule has 1 aromatic rings. The smallest absolute Gasteiger partial charge is 0.870 e. The van der Waals surface area contributed by atoms with Gasteiger partial charge in [0.25, 0.3) is 0 Å². The van der Waals surface area contributed by atoms with Crippen molar-refractivity contribution in [2.24, 2.45) is 0 Å². The fourth-order valence-electron chi connectivity index (χ4n) is 2.03. The second-order valence-electron chi connectivity index (χ2n) is 3.94. The molecule has 0 heterocycles. The van der Waals surface area contributed by atoms with E-state index < -0.39 is 15.4 Å². The van der Waals surface area contributed by atoms with Crippen LogP contribution in [0.2, 0.25) is 0 Å². The van der Waals surface area contributed by atoms with E-state index >= 15 is 0 Å². The van der Waals surface area contributed by atoms with Gasteiger partial charge in [0.1, 0.15) is 0 Å². The van der Waals surface area contributed by atoms with E-state index in [9.17, 15) is 17.8 Å². The second-order valence-corrected chi connectivity index (χ2v) is 5.60. The van der Waals surface area contributed by atoms with Crippen molar-refractivity contribution < 1.29 is 61.0 Å². The molecule has 0 fully saturated rings. The molecular weight excluding hydrogens is 258 g/mol. The zero-order valence-corrected chi connectivity index (χ0v) is 11.7. The van der Waals surface area contributed by atoms with Crippen molar-refractivity contribution in [2.75, 3.05) is 0 Å². The molecule has 1 unspecified atom stereocenters. The van der Waals surface area contributed by atoms with Gasteiger partial charge in [-0.1, -0.05) is 5.56 Å². The van der Waals surface area contributed by atoms with E-state index in [0.717, 1.165) is 11.1 Å². The van der Waals surface area contributed by atoms with Crippen LogP contribution in [0.3, 0.4) is 0 Å². The average Bonchev–Trinajstić information content (AvgIpc) is 2.26. The zero-order chi connectivity index (χ0) is 11.8. The Balaban J connectivity index is 0. The van der Waals surface area contributed by atoms with Crippen molar-refractivity contribution in [3.8, 4) is 0 Å². The molecule has 94 valence electrons. The number of hydrogen-bond acceptors (Lipinski definition) is 5. The number of hydrogen-bond donors (Lipinski definition) is 0. The van der Waals surface area contributed by atoms with Gasteiger partial charge in [-0.3, -0.25) is 0 Å². The van der Waals surface area contributed by atoms with Crippen molar-refractivity contribution in [1.82, 2.24) is 0 Å². The normalized spacial score (nSPS) is 17.0. The van der Waals surface area contributed by atoms with Crippen molar-refractivity contribution in [2.45, 2.75) is 24.5 Å². The van der Waals surface area contributed by atoms with E-state index in [0.29, 0.717) is 18.4 Å². The number of rotatable bonds is 2. The van der Waals surface area contributed by atoms with Gasteiger partial charge in [0, 0.05) is 0 Å². The van der Waals surface area contributed by atoms with E-state index in [-0.39, 0.29) is 49.6 Å². The summed E-state index contributed by atoms with van der Waals surface area (Å²) in [5.41, 5.74) is 2.25. The summed E-state index contributed by atoms with van der Waals surface area (Å²) in [4.78, 5) is 10.4. The molecule has 0 aliphatic heterocycles. The van der Waals surface area contributed by atoms with Gasteiger partial charge in [0.05, 0.1) is 21.7 Å². The van der Waals surface area contributed by atoms with Crippen LogP contribution in [0.4, 0.5) is 0 Å². The van der Waals surface area contributed by atoms with Gasteiger partial charge >= 0.3 is 37.7 Å². The zero-order valence-electron chi connectivity index (χ0n) is 10.9. The third kappa shape index (κ3) is 5.09. The Bertz CT molecular complexity index is 530. The van der Waals surface area contributed by atoms with Crippen molar-refractivity contribution in [3.05, 3.63) is 34.9 Å². The van der Waals surface area contributed by atoms with E-state index in [2.05, 4.69) is 0 Å². The average molecular weight is 269 g/mol. The Kier molecular flexibility index (Phi) is 9.27. The maximum atomic E-state index is 10.9. The molecule has 1 aromatic carbocycles. The first-order chi connectivity index (χ1) is 7.50. The minimum Gasteiger partial charge on any atom is -0.870 e. The van der Waals surface area contributed by atoms with E-state index in [1.54, 1.807) is 24.5 Å². The Hall–Kier alpha value is -0.0452. The van der Waals surface area contributed by atoms with Gasteiger partial charge in [-0.05, 0) is 19.3 Å². The first kappa shape index (κ1) is 21.3.